The third-order valence-electron chi connectivity index (χ3n) is 2.27. The van der Waals surface area contributed by atoms with E-state index in [1.54, 1.807) is 38.3 Å². The number of nitrogens with one attached hydrogen (secondary N) is 1. The van der Waals surface area contributed by atoms with Crippen LogP contribution in [0.1, 0.15) is 17.4 Å². The summed E-state index contributed by atoms with van der Waals surface area (Å²) in [5.41, 5.74) is 0.0812. The van der Waals surface area contributed by atoms with E-state index in [1.807, 2.05) is 0 Å². The Kier molecular flexibility index (Phi) is 3.97. The monoisotopic (exact) mass is 263 g/mol. The molecule has 0 saturated heterocycles. The topological polar surface area (TPSA) is 86.3 Å². The van der Waals surface area contributed by atoms with Crippen LogP contribution in [0.4, 0.5) is 0 Å². The summed E-state index contributed by atoms with van der Waals surface area (Å²) in [6, 6.07) is 6.86. The molecule has 0 unspecified atom stereocenters. The lowest BCUT2D eigenvalue weighted by molar-refractivity contribution is 0.0516. The van der Waals surface area contributed by atoms with Crippen molar-refractivity contribution in [1.29, 1.82) is 0 Å². The first kappa shape index (κ1) is 12.9. The molecule has 0 atom stereocenters. The standard InChI is InChI=1S/C12H13N3O4/c1-3-18-12(16)10-11(14-15-13-10)19-9-6-4-8(17-2)5-7-9/h4-7H,3H2,1-2H3,(H,13,14,15). The molecule has 2 aromatic rings. The number of carbonyl (C=O) groups is 1. The lowest BCUT2D eigenvalue weighted by atomic mass is 10.3. The van der Waals surface area contributed by atoms with Crippen LogP contribution in [-0.4, -0.2) is 35.1 Å². The molecule has 0 saturated carbocycles. The summed E-state index contributed by atoms with van der Waals surface area (Å²) in [6.45, 7) is 1.98. The summed E-state index contributed by atoms with van der Waals surface area (Å²) in [6.07, 6.45) is 0. The van der Waals surface area contributed by atoms with Crippen LogP contribution in [0.25, 0.3) is 0 Å². The number of aromatic nitrogens is 3. The van der Waals surface area contributed by atoms with Crippen molar-refractivity contribution in [2.24, 2.45) is 0 Å². The molecule has 19 heavy (non-hydrogen) atoms. The predicted octanol–water partition coefficient (Wildman–Crippen LogP) is 1.78. The SMILES string of the molecule is CCOC(=O)c1[nH]nnc1Oc1ccc(OC)cc1. The average Bonchev–Trinajstić information content (AvgIpc) is 2.88. The molecule has 0 aliphatic heterocycles. The molecule has 2 rings (SSSR count). The van der Waals surface area contributed by atoms with E-state index in [1.165, 1.54) is 0 Å². The molecule has 0 spiro atoms. The Morgan fingerprint density at radius 2 is 1.95 bits per heavy atom. The van der Waals surface area contributed by atoms with E-state index < -0.39 is 5.97 Å². The van der Waals surface area contributed by atoms with Crippen LogP contribution in [0.3, 0.4) is 0 Å². The Morgan fingerprint density at radius 1 is 1.26 bits per heavy atom. The minimum atomic E-state index is -0.559. The van der Waals surface area contributed by atoms with Gasteiger partial charge in [0, 0.05) is 0 Å². The van der Waals surface area contributed by atoms with Crippen LogP contribution in [-0.2, 0) is 4.74 Å². The summed E-state index contributed by atoms with van der Waals surface area (Å²) in [4.78, 5) is 11.6. The normalized spacial score (nSPS) is 10.0. The van der Waals surface area contributed by atoms with Gasteiger partial charge in [0.15, 0.2) is 0 Å². The first-order valence-electron chi connectivity index (χ1n) is 5.64. The fraction of sp³-hybridized carbons (Fsp3) is 0.250. The summed E-state index contributed by atoms with van der Waals surface area (Å²) in [5.74, 6) is 0.734. The fourth-order valence-electron chi connectivity index (χ4n) is 1.38. The highest BCUT2D eigenvalue weighted by atomic mass is 16.5. The summed E-state index contributed by atoms with van der Waals surface area (Å²) < 4.78 is 15.3. The molecular formula is C12H13N3O4. The number of aromatic amines is 1. The van der Waals surface area contributed by atoms with Gasteiger partial charge in [-0.2, -0.15) is 0 Å². The zero-order valence-corrected chi connectivity index (χ0v) is 10.5. The average molecular weight is 263 g/mol. The van der Waals surface area contributed by atoms with Gasteiger partial charge in [-0.3, -0.25) is 0 Å². The van der Waals surface area contributed by atoms with E-state index in [0.29, 0.717) is 11.5 Å². The van der Waals surface area contributed by atoms with Crippen molar-refractivity contribution in [2.75, 3.05) is 13.7 Å². The zero-order chi connectivity index (χ0) is 13.7. The number of carbonyl (C=O) groups excluding carboxylic acids is 1. The minimum Gasteiger partial charge on any atom is -0.497 e. The second kappa shape index (κ2) is 5.85. The molecular weight excluding hydrogens is 250 g/mol. The maximum Gasteiger partial charge on any atom is 0.362 e. The largest absolute Gasteiger partial charge is 0.497 e. The smallest absolute Gasteiger partial charge is 0.362 e. The molecule has 0 radical (unpaired) electrons. The van der Waals surface area contributed by atoms with E-state index in [-0.39, 0.29) is 18.2 Å². The van der Waals surface area contributed by atoms with Crippen LogP contribution >= 0.6 is 0 Å². The predicted molar refractivity (Wildman–Crippen MR) is 65.4 cm³/mol. The van der Waals surface area contributed by atoms with Crippen molar-refractivity contribution >= 4 is 5.97 Å². The number of rotatable bonds is 5. The Bertz CT molecular complexity index is 550. The Labute approximate surface area is 109 Å². The maximum absolute atomic E-state index is 11.6. The maximum atomic E-state index is 11.6. The van der Waals surface area contributed by atoms with Crippen LogP contribution in [0.2, 0.25) is 0 Å². The lowest BCUT2D eigenvalue weighted by Crippen LogP contribution is -2.06. The first-order valence-corrected chi connectivity index (χ1v) is 5.64. The molecule has 0 aliphatic rings. The highest BCUT2D eigenvalue weighted by Crippen LogP contribution is 2.24. The van der Waals surface area contributed by atoms with Crippen molar-refractivity contribution in [3.05, 3.63) is 30.0 Å². The highest BCUT2D eigenvalue weighted by Gasteiger charge is 2.18. The summed E-state index contributed by atoms with van der Waals surface area (Å²) in [5, 5.41) is 9.68. The number of hydrogen-bond donors (Lipinski definition) is 1. The molecule has 1 heterocycles. The van der Waals surface area contributed by atoms with Crippen LogP contribution < -0.4 is 9.47 Å². The van der Waals surface area contributed by atoms with Gasteiger partial charge in [-0.15, -0.1) is 0 Å². The summed E-state index contributed by atoms with van der Waals surface area (Å²) >= 11 is 0. The number of ether oxygens (including phenoxy) is 3. The van der Waals surface area contributed by atoms with E-state index in [0.717, 1.165) is 0 Å². The van der Waals surface area contributed by atoms with E-state index in [9.17, 15) is 4.79 Å². The fourth-order valence-corrected chi connectivity index (χ4v) is 1.38. The number of nitrogens with zero attached hydrogens (tertiary/aromatic N) is 2. The van der Waals surface area contributed by atoms with Crippen molar-refractivity contribution in [1.82, 2.24) is 15.4 Å². The molecule has 1 aromatic heterocycles. The molecule has 7 heteroatoms. The molecule has 1 aromatic carbocycles. The first-order chi connectivity index (χ1) is 9.24. The van der Waals surface area contributed by atoms with E-state index in [4.69, 9.17) is 14.2 Å². The van der Waals surface area contributed by atoms with Gasteiger partial charge in [0.2, 0.25) is 5.69 Å². The molecule has 1 N–H and O–H groups in total. The summed E-state index contributed by atoms with van der Waals surface area (Å²) in [7, 11) is 1.58. The van der Waals surface area contributed by atoms with Gasteiger partial charge >= 0.3 is 5.97 Å². The van der Waals surface area contributed by atoms with E-state index >= 15 is 0 Å². The van der Waals surface area contributed by atoms with Gasteiger partial charge in [-0.1, -0.05) is 10.3 Å². The number of hydrogen-bond acceptors (Lipinski definition) is 6. The number of benzene rings is 1. The van der Waals surface area contributed by atoms with Crippen molar-refractivity contribution in [3.63, 3.8) is 0 Å². The van der Waals surface area contributed by atoms with Crippen LogP contribution in [0.15, 0.2) is 24.3 Å². The van der Waals surface area contributed by atoms with Gasteiger partial charge in [0.05, 0.1) is 13.7 Å². The molecule has 0 bridgehead atoms. The van der Waals surface area contributed by atoms with E-state index in [2.05, 4.69) is 15.4 Å². The van der Waals surface area contributed by atoms with Crippen LogP contribution in [0, 0.1) is 0 Å². The Morgan fingerprint density at radius 3 is 2.58 bits per heavy atom. The van der Waals surface area contributed by atoms with Gasteiger partial charge in [0.1, 0.15) is 11.5 Å². The minimum absolute atomic E-state index is 0.0728. The molecule has 100 valence electrons. The quantitative estimate of drug-likeness (QED) is 0.827. The number of methoxy groups -OCH3 is 1. The number of esters is 1. The molecule has 0 aliphatic carbocycles. The lowest BCUT2D eigenvalue weighted by Gasteiger charge is -2.05. The molecule has 0 fully saturated rings. The molecule has 0 amide bonds. The molecule has 7 nitrogen and oxygen atoms in total. The van der Waals surface area contributed by atoms with Crippen molar-refractivity contribution in [3.8, 4) is 17.4 Å². The van der Waals surface area contributed by atoms with Crippen molar-refractivity contribution < 1.29 is 19.0 Å². The van der Waals surface area contributed by atoms with Gasteiger partial charge in [-0.25, -0.2) is 9.89 Å². The van der Waals surface area contributed by atoms with Gasteiger partial charge < -0.3 is 14.2 Å². The Balaban J connectivity index is 2.14. The zero-order valence-electron chi connectivity index (χ0n) is 10.5. The van der Waals surface area contributed by atoms with Crippen LogP contribution in [0.5, 0.6) is 17.4 Å². The van der Waals surface area contributed by atoms with Gasteiger partial charge in [-0.05, 0) is 31.2 Å². The van der Waals surface area contributed by atoms with Gasteiger partial charge in [0.25, 0.3) is 5.88 Å². The highest BCUT2D eigenvalue weighted by molar-refractivity contribution is 5.89. The third-order valence-corrected chi connectivity index (χ3v) is 2.27. The van der Waals surface area contributed by atoms with Crippen molar-refractivity contribution in [2.45, 2.75) is 6.92 Å². The Hall–Kier alpha value is -2.57. The second-order valence-corrected chi connectivity index (χ2v) is 3.49. The number of H-pyrrole nitrogens is 1. The second-order valence-electron chi connectivity index (χ2n) is 3.49. The third kappa shape index (κ3) is 3.01.